The van der Waals surface area contributed by atoms with Crippen molar-refractivity contribution in [1.82, 2.24) is 5.32 Å². The molecule has 4 rings (SSSR count). The van der Waals surface area contributed by atoms with E-state index in [0.717, 1.165) is 24.6 Å². The Morgan fingerprint density at radius 1 is 0.905 bits per heavy atom. The van der Waals surface area contributed by atoms with E-state index in [1.807, 2.05) is 11.8 Å². The lowest BCUT2D eigenvalue weighted by Gasteiger charge is -2.23. The number of thioether (sulfide) groups is 1. The molecule has 106 valence electrons. The molecule has 1 atom stereocenters. The highest BCUT2D eigenvalue weighted by Gasteiger charge is 2.14. The minimum absolute atomic E-state index is 0.219. The smallest absolute Gasteiger partial charge is 0.156 e. The van der Waals surface area contributed by atoms with Crippen molar-refractivity contribution in [3.05, 3.63) is 54.6 Å². The van der Waals surface area contributed by atoms with Gasteiger partial charge in [0.15, 0.2) is 5.44 Å². The molecule has 1 aliphatic rings. The molecule has 0 aliphatic carbocycles. The maximum absolute atomic E-state index is 6.08. The van der Waals surface area contributed by atoms with Gasteiger partial charge in [0, 0.05) is 18.8 Å². The van der Waals surface area contributed by atoms with Crippen LogP contribution in [0.1, 0.15) is 0 Å². The van der Waals surface area contributed by atoms with Gasteiger partial charge < -0.3 is 10.1 Å². The summed E-state index contributed by atoms with van der Waals surface area (Å²) in [5, 5.41) is 8.42. The largest absolute Gasteiger partial charge is 0.478 e. The van der Waals surface area contributed by atoms with E-state index in [1.165, 1.54) is 21.5 Å². The Labute approximate surface area is 128 Å². The molecule has 0 aromatic heterocycles. The molecule has 3 aromatic carbocycles. The molecular weight excluding hydrogens is 278 g/mol. The van der Waals surface area contributed by atoms with Crippen molar-refractivity contribution in [1.29, 1.82) is 0 Å². The van der Waals surface area contributed by atoms with Gasteiger partial charge in [0.25, 0.3) is 0 Å². The second-order valence-electron chi connectivity index (χ2n) is 5.33. The molecule has 3 aromatic rings. The molecule has 0 radical (unpaired) electrons. The van der Waals surface area contributed by atoms with Gasteiger partial charge >= 0.3 is 0 Å². The van der Waals surface area contributed by atoms with Crippen molar-refractivity contribution in [3.8, 4) is 5.75 Å². The molecule has 1 fully saturated rings. The molecule has 0 amide bonds. The Balaban J connectivity index is 1.69. The minimum Gasteiger partial charge on any atom is -0.478 e. The maximum atomic E-state index is 6.08. The number of hydrogen-bond acceptors (Lipinski definition) is 3. The fourth-order valence-corrected chi connectivity index (χ4v) is 3.70. The third-order valence-corrected chi connectivity index (χ3v) is 4.91. The van der Waals surface area contributed by atoms with E-state index in [4.69, 9.17) is 4.74 Å². The third-order valence-electron chi connectivity index (χ3n) is 3.84. The van der Waals surface area contributed by atoms with Gasteiger partial charge in [-0.25, -0.2) is 0 Å². The molecule has 1 aliphatic heterocycles. The van der Waals surface area contributed by atoms with Crippen LogP contribution in [-0.4, -0.2) is 24.3 Å². The average molecular weight is 295 g/mol. The summed E-state index contributed by atoms with van der Waals surface area (Å²) in [7, 11) is 0. The van der Waals surface area contributed by atoms with Gasteiger partial charge in [-0.3, -0.25) is 0 Å². The Hall–Kier alpha value is -1.71. The first-order chi connectivity index (χ1) is 10.4. The van der Waals surface area contributed by atoms with Crippen LogP contribution < -0.4 is 10.1 Å². The van der Waals surface area contributed by atoms with Gasteiger partial charge in [0.2, 0.25) is 0 Å². The van der Waals surface area contributed by atoms with Crippen LogP contribution in [0.5, 0.6) is 5.75 Å². The van der Waals surface area contributed by atoms with E-state index in [-0.39, 0.29) is 5.44 Å². The van der Waals surface area contributed by atoms with Gasteiger partial charge in [-0.2, -0.15) is 0 Å². The van der Waals surface area contributed by atoms with E-state index in [1.54, 1.807) is 0 Å². The zero-order chi connectivity index (χ0) is 14.1. The van der Waals surface area contributed by atoms with E-state index in [0.29, 0.717) is 0 Å². The molecule has 1 unspecified atom stereocenters. The molecular formula is C18H17NOS. The number of hydrogen-bond donors (Lipinski definition) is 1. The molecule has 3 heteroatoms. The summed E-state index contributed by atoms with van der Waals surface area (Å²) in [6, 6.07) is 19.3. The van der Waals surface area contributed by atoms with Crippen LogP contribution in [0, 0.1) is 0 Å². The van der Waals surface area contributed by atoms with Crippen LogP contribution in [0.25, 0.3) is 21.5 Å². The SMILES string of the molecule is c1ccc2cc3cc(OC4CNCCS4)ccc3cc2c1. The Morgan fingerprint density at radius 2 is 1.67 bits per heavy atom. The van der Waals surface area contributed by atoms with Crippen molar-refractivity contribution in [3.63, 3.8) is 0 Å². The van der Waals surface area contributed by atoms with Crippen LogP contribution in [0.3, 0.4) is 0 Å². The zero-order valence-corrected chi connectivity index (χ0v) is 12.5. The van der Waals surface area contributed by atoms with Crippen LogP contribution in [0.4, 0.5) is 0 Å². The Bertz CT molecular complexity index is 780. The number of ether oxygens (including phenoxy) is 1. The molecule has 0 bridgehead atoms. The van der Waals surface area contributed by atoms with Crippen LogP contribution in [-0.2, 0) is 0 Å². The summed E-state index contributed by atoms with van der Waals surface area (Å²) >= 11 is 1.88. The van der Waals surface area contributed by atoms with E-state index >= 15 is 0 Å². The second-order valence-corrected chi connectivity index (χ2v) is 6.60. The van der Waals surface area contributed by atoms with E-state index in [2.05, 4.69) is 59.9 Å². The van der Waals surface area contributed by atoms with Gasteiger partial charge in [-0.05, 0) is 45.8 Å². The number of rotatable bonds is 2. The van der Waals surface area contributed by atoms with E-state index < -0.39 is 0 Å². The highest BCUT2D eigenvalue weighted by molar-refractivity contribution is 7.99. The van der Waals surface area contributed by atoms with Gasteiger partial charge in [-0.15, -0.1) is 11.8 Å². The maximum Gasteiger partial charge on any atom is 0.156 e. The van der Waals surface area contributed by atoms with Crippen LogP contribution >= 0.6 is 11.8 Å². The van der Waals surface area contributed by atoms with Crippen molar-refractivity contribution in [2.75, 3.05) is 18.8 Å². The van der Waals surface area contributed by atoms with Crippen molar-refractivity contribution >= 4 is 33.3 Å². The van der Waals surface area contributed by atoms with Gasteiger partial charge in [0.1, 0.15) is 5.75 Å². The summed E-state index contributed by atoms with van der Waals surface area (Å²) in [6.07, 6.45) is 0. The Kier molecular flexibility index (Phi) is 3.45. The molecule has 21 heavy (non-hydrogen) atoms. The third kappa shape index (κ3) is 2.71. The molecule has 1 N–H and O–H groups in total. The lowest BCUT2D eigenvalue weighted by Crippen LogP contribution is -2.35. The summed E-state index contributed by atoms with van der Waals surface area (Å²) in [5.74, 6) is 2.07. The second kappa shape index (κ2) is 5.58. The zero-order valence-electron chi connectivity index (χ0n) is 11.7. The van der Waals surface area contributed by atoms with Gasteiger partial charge in [-0.1, -0.05) is 30.3 Å². The normalized spacial score (nSPS) is 19.0. The summed E-state index contributed by atoms with van der Waals surface area (Å²) in [6.45, 7) is 1.99. The van der Waals surface area contributed by atoms with Crippen molar-refractivity contribution < 1.29 is 4.74 Å². The van der Waals surface area contributed by atoms with Crippen LogP contribution in [0.2, 0.25) is 0 Å². The highest BCUT2D eigenvalue weighted by Crippen LogP contribution is 2.28. The quantitative estimate of drug-likeness (QED) is 0.721. The number of nitrogens with one attached hydrogen (secondary N) is 1. The Morgan fingerprint density at radius 3 is 2.43 bits per heavy atom. The van der Waals surface area contributed by atoms with Gasteiger partial charge in [0.05, 0.1) is 0 Å². The highest BCUT2D eigenvalue weighted by atomic mass is 32.2. The fraction of sp³-hybridized carbons (Fsp3) is 0.222. The molecule has 1 saturated heterocycles. The standard InChI is InChI=1S/C18H17NOS/c1-2-4-14-10-16-11-17(20-18-12-19-7-8-21-18)6-5-15(16)9-13(14)3-1/h1-6,9-11,18-19H,7-8,12H2. The first kappa shape index (κ1) is 13.0. The summed E-state index contributed by atoms with van der Waals surface area (Å²) in [5.41, 5.74) is 0.219. The molecule has 0 saturated carbocycles. The topological polar surface area (TPSA) is 21.3 Å². The molecule has 1 heterocycles. The number of benzene rings is 3. The molecule has 2 nitrogen and oxygen atoms in total. The monoisotopic (exact) mass is 295 g/mol. The minimum atomic E-state index is 0.219. The molecule has 0 spiro atoms. The average Bonchev–Trinajstić information content (AvgIpc) is 2.54. The lowest BCUT2D eigenvalue weighted by molar-refractivity contribution is 0.278. The van der Waals surface area contributed by atoms with E-state index in [9.17, 15) is 0 Å². The van der Waals surface area contributed by atoms with Crippen LogP contribution in [0.15, 0.2) is 54.6 Å². The fourth-order valence-electron chi connectivity index (χ4n) is 2.76. The van der Waals surface area contributed by atoms with Crippen molar-refractivity contribution in [2.24, 2.45) is 0 Å². The predicted octanol–water partition coefficient (Wildman–Crippen LogP) is 4.03. The summed E-state index contributed by atoms with van der Waals surface area (Å²) < 4.78 is 6.08. The first-order valence-electron chi connectivity index (χ1n) is 7.30. The summed E-state index contributed by atoms with van der Waals surface area (Å²) in [4.78, 5) is 0. The predicted molar refractivity (Wildman–Crippen MR) is 91.2 cm³/mol. The van der Waals surface area contributed by atoms with Crippen molar-refractivity contribution in [2.45, 2.75) is 5.44 Å². The number of fused-ring (bicyclic) bond motifs is 2. The lowest BCUT2D eigenvalue weighted by atomic mass is 10.0. The first-order valence-corrected chi connectivity index (χ1v) is 8.35.